The fourth-order valence-corrected chi connectivity index (χ4v) is 4.13. The monoisotopic (exact) mass is 393 g/mol. The molecule has 0 N–H and O–H groups in total. The normalized spacial score (nSPS) is 22.4. The molecule has 0 amide bonds. The van der Waals surface area contributed by atoms with Gasteiger partial charge in [-0.15, -0.1) is 17.0 Å². The van der Waals surface area contributed by atoms with E-state index in [1.807, 2.05) is 0 Å². The Labute approximate surface area is 160 Å². The van der Waals surface area contributed by atoms with E-state index >= 15 is 0 Å². The van der Waals surface area contributed by atoms with Crippen LogP contribution in [0.4, 0.5) is 0 Å². The quantitative estimate of drug-likeness (QED) is 0.673. The SMILES string of the molecule is Br.CC1=C(C)C(C)(C(C)c2ccccc2)C=C2N=c3ccccc3=C21. The zero-order chi connectivity index (χ0) is 16.9. The van der Waals surface area contributed by atoms with E-state index in [-0.39, 0.29) is 22.4 Å². The third kappa shape index (κ3) is 2.64. The number of fused-ring (bicyclic) bond motifs is 2. The molecular weight excluding hydrogens is 370 g/mol. The number of allylic oxidation sites excluding steroid dienone is 3. The molecule has 2 unspecified atom stereocenters. The molecule has 2 atom stereocenters. The third-order valence-corrected chi connectivity index (χ3v) is 6.05. The van der Waals surface area contributed by atoms with E-state index in [1.54, 1.807) is 0 Å². The van der Waals surface area contributed by atoms with Gasteiger partial charge in [-0.2, -0.15) is 0 Å². The summed E-state index contributed by atoms with van der Waals surface area (Å²) in [5.74, 6) is 0.404. The molecular formula is C23H24BrN. The number of para-hydroxylation sites is 1. The van der Waals surface area contributed by atoms with Crippen molar-refractivity contribution in [3.63, 3.8) is 0 Å². The summed E-state index contributed by atoms with van der Waals surface area (Å²) in [7, 11) is 0. The average molecular weight is 394 g/mol. The number of hydrogen-bond donors (Lipinski definition) is 0. The minimum Gasteiger partial charge on any atom is -0.248 e. The van der Waals surface area contributed by atoms with Gasteiger partial charge >= 0.3 is 0 Å². The predicted octanol–water partition coefficient (Wildman–Crippen LogP) is 5.09. The summed E-state index contributed by atoms with van der Waals surface area (Å²) in [6.07, 6.45) is 2.39. The van der Waals surface area contributed by atoms with Gasteiger partial charge in [-0.05, 0) is 43.0 Å². The molecule has 2 aliphatic rings. The van der Waals surface area contributed by atoms with E-state index in [1.165, 1.54) is 27.5 Å². The van der Waals surface area contributed by atoms with Gasteiger partial charge in [0, 0.05) is 16.2 Å². The van der Waals surface area contributed by atoms with Crippen LogP contribution in [0.15, 0.2) is 82.5 Å². The zero-order valence-corrected chi connectivity index (χ0v) is 16.9. The molecule has 0 saturated heterocycles. The summed E-state index contributed by atoms with van der Waals surface area (Å²) >= 11 is 0. The maximum Gasteiger partial charge on any atom is 0.0716 e. The average Bonchev–Trinajstić information content (AvgIpc) is 2.97. The lowest BCUT2D eigenvalue weighted by Crippen LogP contribution is -2.28. The Hall–Kier alpha value is -1.93. The molecule has 0 saturated carbocycles. The molecule has 0 aromatic heterocycles. The fourth-order valence-electron chi connectivity index (χ4n) is 4.13. The lowest BCUT2D eigenvalue weighted by Gasteiger charge is -2.39. The van der Waals surface area contributed by atoms with E-state index in [0.29, 0.717) is 5.92 Å². The van der Waals surface area contributed by atoms with Gasteiger partial charge in [-0.25, -0.2) is 4.99 Å². The predicted molar refractivity (Wildman–Crippen MR) is 110 cm³/mol. The van der Waals surface area contributed by atoms with Crippen LogP contribution in [0.3, 0.4) is 0 Å². The van der Waals surface area contributed by atoms with E-state index in [4.69, 9.17) is 4.99 Å². The van der Waals surface area contributed by atoms with Gasteiger partial charge in [0.2, 0.25) is 0 Å². The largest absolute Gasteiger partial charge is 0.248 e. The number of hydrogen-bond acceptors (Lipinski definition) is 1. The fraction of sp³-hybridized carbons (Fsp3) is 0.261. The van der Waals surface area contributed by atoms with E-state index < -0.39 is 0 Å². The summed E-state index contributed by atoms with van der Waals surface area (Å²) in [5, 5.41) is 2.37. The van der Waals surface area contributed by atoms with Gasteiger partial charge in [0.15, 0.2) is 0 Å². The third-order valence-electron chi connectivity index (χ3n) is 6.05. The Morgan fingerprint density at radius 1 is 0.920 bits per heavy atom. The van der Waals surface area contributed by atoms with Crippen LogP contribution in [0.2, 0.25) is 0 Å². The Balaban J connectivity index is 0.00000182. The minimum absolute atomic E-state index is 0. The second-order valence-corrected chi connectivity index (χ2v) is 7.20. The molecule has 0 spiro atoms. The summed E-state index contributed by atoms with van der Waals surface area (Å²) in [6, 6.07) is 19.3. The Bertz CT molecular complexity index is 998. The number of nitrogens with zero attached hydrogens (tertiary/aromatic N) is 1. The number of rotatable bonds is 2. The molecule has 1 heterocycles. The standard InChI is InChI=1S/C23H23N.BrH/c1-15-16(2)23(4,17(3)18-10-6-5-7-11-18)14-21-22(15)19-12-8-9-13-20(19)24-21;/h5-14,17H,1-4H3;1H. The molecule has 128 valence electrons. The van der Waals surface area contributed by atoms with Gasteiger partial charge in [-0.1, -0.05) is 68.0 Å². The van der Waals surface area contributed by atoms with Crippen molar-refractivity contribution in [2.24, 2.45) is 10.4 Å². The van der Waals surface area contributed by atoms with Crippen LogP contribution in [-0.4, -0.2) is 0 Å². The molecule has 1 aliphatic heterocycles. The first-order valence-corrected chi connectivity index (χ1v) is 8.67. The van der Waals surface area contributed by atoms with Crippen LogP contribution in [0.25, 0.3) is 5.57 Å². The highest BCUT2D eigenvalue weighted by Crippen LogP contribution is 2.50. The van der Waals surface area contributed by atoms with Crippen LogP contribution >= 0.6 is 17.0 Å². The molecule has 2 aromatic rings. The molecule has 1 aliphatic carbocycles. The maximum atomic E-state index is 4.92. The van der Waals surface area contributed by atoms with Crippen LogP contribution in [0.1, 0.15) is 39.2 Å². The van der Waals surface area contributed by atoms with Crippen LogP contribution in [0, 0.1) is 5.41 Å². The van der Waals surface area contributed by atoms with Gasteiger partial charge in [0.1, 0.15) is 0 Å². The lowest BCUT2D eigenvalue weighted by atomic mass is 9.65. The number of halogens is 1. The summed E-state index contributed by atoms with van der Waals surface area (Å²) in [4.78, 5) is 4.92. The molecule has 4 rings (SSSR count). The van der Waals surface area contributed by atoms with Crippen molar-refractivity contribution in [1.29, 1.82) is 0 Å². The van der Waals surface area contributed by atoms with Crippen molar-refractivity contribution >= 4 is 22.6 Å². The molecule has 2 heteroatoms. The first kappa shape index (κ1) is 17.9. The van der Waals surface area contributed by atoms with Crippen LogP contribution in [0.5, 0.6) is 0 Å². The van der Waals surface area contributed by atoms with Gasteiger partial charge in [0.05, 0.1) is 11.1 Å². The molecule has 25 heavy (non-hydrogen) atoms. The Morgan fingerprint density at radius 3 is 2.28 bits per heavy atom. The summed E-state index contributed by atoms with van der Waals surface area (Å²) in [6.45, 7) is 9.23. The molecule has 0 fully saturated rings. The Morgan fingerprint density at radius 2 is 1.56 bits per heavy atom. The second kappa shape index (κ2) is 6.42. The van der Waals surface area contributed by atoms with Gasteiger partial charge in [-0.3, -0.25) is 0 Å². The van der Waals surface area contributed by atoms with Crippen molar-refractivity contribution in [3.8, 4) is 0 Å². The van der Waals surface area contributed by atoms with E-state index in [0.717, 1.165) is 11.1 Å². The lowest BCUT2D eigenvalue weighted by molar-refractivity contribution is 0.416. The van der Waals surface area contributed by atoms with Gasteiger partial charge < -0.3 is 0 Å². The Kier molecular flexibility index (Phi) is 4.59. The topological polar surface area (TPSA) is 12.4 Å². The summed E-state index contributed by atoms with van der Waals surface area (Å²) < 4.78 is 0. The van der Waals surface area contributed by atoms with Crippen molar-refractivity contribution < 1.29 is 0 Å². The van der Waals surface area contributed by atoms with E-state index in [2.05, 4.69) is 88.4 Å². The number of benzene rings is 2. The van der Waals surface area contributed by atoms with E-state index in [9.17, 15) is 0 Å². The highest BCUT2D eigenvalue weighted by atomic mass is 79.9. The van der Waals surface area contributed by atoms with Crippen LogP contribution < -0.4 is 10.6 Å². The van der Waals surface area contributed by atoms with Crippen molar-refractivity contribution in [2.45, 2.75) is 33.6 Å². The zero-order valence-electron chi connectivity index (χ0n) is 15.2. The highest BCUT2D eigenvalue weighted by Gasteiger charge is 2.38. The molecule has 2 aromatic carbocycles. The molecule has 0 radical (unpaired) electrons. The van der Waals surface area contributed by atoms with Crippen molar-refractivity contribution in [2.75, 3.05) is 0 Å². The second-order valence-electron chi connectivity index (χ2n) is 7.20. The maximum absolute atomic E-state index is 4.92. The van der Waals surface area contributed by atoms with Crippen molar-refractivity contribution in [3.05, 3.63) is 93.7 Å². The minimum atomic E-state index is -0.0180. The molecule has 1 nitrogen and oxygen atoms in total. The molecule has 0 bridgehead atoms. The van der Waals surface area contributed by atoms with Crippen LogP contribution in [-0.2, 0) is 0 Å². The van der Waals surface area contributed by atoms with Gasteiger partial charge in [0.25, 0.3) is 0 Å². The first-order valence-electron chi connectivity index (χ1n) is 8.67. The smallest absolute Gasteiger partial charge is 0.0716 e. The summed E-state index contributed by atoms with van der Waals surface area (Å²) in [5.41, 5.74) is 6.65. The highest BCUT2D eigenvalue weighted by molar-refractivity contribution is 8.93. The first-order chi connectivity index (χ1) is 11.5. The van der Waals surface area contributed by atoms with Crippen molar-refractivity contribution in [1.82, 2.24) is 0 Å².